The molecule has 9 nitrogen and oxygen atoms in total. The first-order valence-corrected chi connectivity index (χ1v) is 9.09. The van der Waals surface area contributed by atoms with Crippen LogP contribution in [0.1, 0.15) is 12.8 Å². The largest absolute Gasteiger partial charge is 0.493 e. The average Bonchev–Trinajstić information content (AvgIpc) is 3.54. The second-order valence-electron chi connectivity index (χ2n) is 6.88. The van der Waals surface area contributed by atoms with Crippen LogP contribution < -0.4 is 19.5 Å². The molecule has 0 unspecified atom stereocenters. The zero-order chi connectivity index (χ0) is 20.3. The first-order chi connectivity index (χ1) is 13.5. The van der Waals surface area contributed by atoms with Crippen LogP contribution in [0, 0.1) is 5.41 Å². The van der Waals surface area contributed by atoms with E-state index in [0.717, 1.165) is 6.41 Å². The SMILES string of the molecule is COc1cc(NC(=O)C2(C(=O)N3CCN(C=O)CC3)CC2)cc(OC)c1OC. The van der Waals surface area contributed by atoms with Gasteiger partial charge in [-0.15, -0.1) is 0 Å². The molecule has 1 heterocycles. The number of rotatable bonds is 7. The third-order valence-electron chi connectivity index (χ3n) is 5.27. The van der Waals surface area contributed by atoms with Crippen molar-refractivity contribution in [3.63, 3.8) is 0 Å². The Labute approximate surface area is 163 Å². The van der Waals surface area contributed by atoms with E-state index in [4.69, 9.17) is 14.2 Å². The van der Waals surface area contributed by atoms with Crippen molar-refractivity contribution < 1.29 is 28.6 Å². The van der Waals surface area contributed by atoms with E-state index in [1.807, 2.05) is 0 Å². The van der Waals surface area contributed by atoms with Gasteiger partial charge in [-0.3, -0.25) is 14.4 Å². The number of methoxy groups -OCH3 is 3. The fourth-order valence-electron chi connectivity index (χ4n) is 3.40. The minimum atomic E-state index is -1.04. The van der Waals surface area contributed by atoms with Gasteiger partial charge < -0.3 is 29.3 Å². The fraction of sp³-hybridized carbons (Fsp3) is 0.526. The number of piperazine rings is 1. The quantitative estimate of drug-likeness (QED) is 0.544. The lowest BCUT2D eigenvalue weighted by molar-refractivity contribution is -0.144. The maximum atomic E-state index is 12.9. The molecule has 3 amide bonds. The van der Waals surface area contributed by atoms with Crippen molar-refractivity contribution in [1.82, 2.24) is 9.80 Å². The van der Waals surface area contributed by atoms with Gasteiger partial charge in [0.1, 0.15) is 5.41 Å². The van der Waals surface area contributed by atoms with Gasteiger partial charge in [-0.25, -0.2) is 0 Å². The summed E-state index contributed by atoms with van der Waals surface area (Å²) in [5, 5.41) is 2.82. The molecule has 2 aliphatic rings. The predicted molar refractivity (Wildman–Crippen MR) is 101 cm³/mol. The van der Waals surface area contributed by atoms with E-state index in [-0.39, 0.29) is 11.8 Å². The van der Waals surface area contributed by atoms with Gasteiger partial charge in [0, 0.05) is 44.0 Å². The van der Waals surface area contributed by atoms with Gasteiger partial charge in [0.05, 0.1) is 21.3 Å². The first kappa shape index (κ1) is 19.8. The van der Waals surface area contributed by atoms with Crippen molar-refractivity contribution in [2.45, 2.75) is 12.8 Å². The summed E-state index contributed by atoms with van der Waals surface area (Å²) in [6.45, 7) is 1.85. The maximum absolute atomic E-state index is 12.9. The minimum Gasteiger partial charge on any atom is -0.493 e. The van der Waals surface area contributed by atoms with E-state index < -0.39 is 5.41 Å². The monoisotopic (exact) mass is 391 g/mol. The smallest absolute Gasteiger partial charge is 0.240 e. The summed E-state index contributed by atoms with van der Waals surface area (Å²) in [6, 6.07) is 3.26. The zero-order valence-electron chi connectivity index (χ0n) is 16.3. The molecule has 0 radical (unpaired) electrons. The number of nitrogens with one attached hydrogen (secondary N) is 1. The van der Waals surface area contributed by atoms with Crippen LogP contribution in [-0.4, -0.2) is 75.5 Å². The number of carbonyl (C=O) groups is 3. The Balaban J connectivity index is 1.74. The second-order valence-corrected chi connectivity index (χ2v) is 6.88. The average molecular weight is 391 g/mol. The van der Waals surface area contributed by atoms with Gasteiger partial charge in [0.25, 0.3) is 0 Å². The Bertz CT molecular complexity index is 744. The van der Waals surface area contributed by atoms with E-state index in [9.17, 15) is 14.4 Å². The van der Waals surface area contributed by atoms with Crippen LogP contribution in [-0.2, 0) is 14.4 Å². The summed E-state index contributed by atoms with van der Waals surface area (Å²) in [7, 11) is 4.49. The van der Waals surface area contributed by atoms with Crippen LogP contribution in [0.25, 0.3) is 0 Å². The summed E-state index contributed by atoms with van der Waals surface area (Å²) in [6.07, 6.45) is 1.80. The van der Waals surface area contributed by atoms with Gasteiger partial charge >= 0.3 is 0 Å². The molecule has 28 heavy (non-hydrogen) atoms. The lowest BCUT2D eigenvalue weighted by Gasteiger charge is -2.34. The van der Waals surface area contributed by atoms with Crippen molar-refractivity contribution >= 4 is 23.9 Å². The molecular weight excluding hydrogens is 366 g/mol. The standard InChI is InChI=1S/C19H25N3O6/c1-26-14-10-13(11-15(27-2)16(14)28-3)20-17(24)19(4-5-19)18(25)22-8-6-21(12-23)7-9-22/h10-12H,4-9H2,1-3H3,(H,20,24). The zero-order valence-corrected chi connectivity index (χ0v) is 16.3. The Morgan fingerprint density at radius 3 is 2.00 bits per heavy atom. The molecule has 0 spiro atoms. The molecule has 3 rings (SSSR count). The summed E-state index contributed by atoms with van der Waals surface area (Å²) in [4.78, 5) is 40.0. The third kappa shape index (κ3) is 3.56. The molecular formula is C19H25N3O6. The molecule has 1 aromatic rings. The molecule has 1 aliphatic carbocycles. The number of ether oxygens (including phenoxy) is 3. The van der Waals surface area contributed by atoms with Gasteiger partial charge in [0.15, 0.2) is 11.5 Å². The molecule has 1 N–H and O–H groups in total. The van der Waals surface area contributed by atoms with Crippen LogP contribution in [0.4, 0.5) is 5.69 Å². The maximum Gasteiger partial charge on any atom is 0.240 e. The summed E-state index contributed by atoms with van der Waals surface area (Å²) in [5.41, 5.74) is -0.576. The minimum absolute atomic E-state index is 0.178. The highest BCUT2D eigenvalue weighted by Crippen LogP contribution is 2.49. The van der Waals surface area contributed by atoms with Crippen LogP contribution in [0.3, 0.4) is 0 Å². The van der Waals surface area contributed by atoms with E-state index in [1.54, 1.807) is 21.9 Å². The number of hydrogen-bond acceptors (Lipinski definition) is 6. The van der Waals surface area contributed by atoms with Crippen molar-refractivity contribution in [1.29, 1.82) is 0 Å². The molecule has 9 heteroatoms. The van der Waals surface area contributed by atoms with Crippen molar-refractivity contribution in [2.24, 2.45) is 5.41 Å². The number of anilines is 1. The normalized spacial score (nSPS) is 17.5. The summed E-state index contributed by atoms with van der Waals surface area (Å²) < 4.78 is 15.9. The number of hydrogen-bond donors (Lipinski definition) is 1. The molecule has 1 aliphatic heterocycles. The first-order valence-electron chi connectivity index (χ1n) is 9.09. The second kappa shape index (κ2) is 7.95. The molecule has 0 atom stereocenters. The lowest BCUT2D eigenvalue weighted by Crippen LogP contribution is -2.52. The lowest BCUT2D eigenvalue weighted by atomic mass is 10.0. The van der Waals surface area contributed by atoms with E-state index in [0.29, 0.717) is 62.0 Å². The molecule has 2 fully saturated rings. The Hall–Kier alpha value is -2.97. The Morgan fingerprint density at radius 1 is 1.00 bits per heavy atom. The van der Waals surface area contributed by atoms with Gasteiger partial charge in [0.2, 0.25) is 24.0 Å². The number of carbonyl (C=O) groups excluding carboxylic acids is 3. The third-order valence-corrected chi connectivity index (χ3v) is 5.27. The number of amides is 3. The van der Waals surface area contributed by atoms with Gasteiger partial charge in [-0.2, -0.15) is 0 Å². The highest BCUT2D eigenvalue weighted by Gasteiger charge is 2.58. The Kier molecular flexibility index (Phi) is 5.62. The number of nitrogens with zero attached hydrogens (tertiary/aromatic N) is 2. The fourth-order valence-corrected chi connectivity index (χ4v) is 3.40. The predicted octanol–water partition coefficient (Wildman–Crippen LogP) is 0.732. The molecule has 1 saturated carbocycles. The summed E-state index contributed by atoms with van der Waals surface area (Å²) in [5.74, 6) is 0.734. The van der Waals surface area contributed by atoms with Crippen LogP contribution >= 0.6 is 0 Å². The van der Waals surface area contributed by atoms with Crippen molar-refractivity contribution in [2.75, 3.05) is 52.8 Å². The number of benzene rings is 1. The van der Waals surface area contributed by atoms with Crippen molar-refractivity contribution in [3.8, 4) is 17.2 Å². The molecule has 152 valence electrons. The van der Waals surface area contributed by atoms with E-state index in [1.165, 1.54) is 21.3 Å². The van der Waals surface area contributed by atoms with Gasteiger partial charge in [-0.1, -0.05) is 0 Å². The topological polar surface area (TPSA) is 97.4 Å². The van der Waals surface area contributed by atoms with Crippen LogP contribution in [0.2, 0.25) is 0 Å². The van der Waals surface area contributed by atoms with E-state index >= 15 is 0 Å². The summed E-state index contributed by atoms with van der Waals surface area (Å²) >= 11 is 0. The molecule has 1 saturated heterocycles. The van der Waals surface area contributed by atoms with E-state index in [2.05, 4.69) is 5.32 Å². The van der Waals surface area contributed by atoms with Gasteiger partial charge in [-0.05, 0) is 12.8 Å². The molecule has 0 aromatic heterocycles. The van der Waals surface area contributed by atoms with Crippen molar-refractivity contribution in [3.05, 3.63) is 12.1 Å². The molecule has 0 bridgehead atoms. The Morgan fingerprint density at radius 2 is 1.57 bits per heavy atom. The molecule has 1 aromatic carbocycles. The van der Waals surface area contributed by atoms with Crippen LogP contribution in [0.15, 0.2) is 12.1 Å². The van der Waals surface area contributed by atoms with Crippen LogP contribution in [0.5, 0.6) is 17.2 Å². The highest BCUT2D eigenvalue weighted by molar-refractivity contribution is 6.13. The highest BCUT2D eigenvalue weighted by atomic mass is 16.5.